The Hall–Kier alpha value is -2.07. The lowest BCUT2D eigenvalue weighted by molar-refractivity contribution is 0.161. The minimum absolute atomic E-state index is 0.151. The number of ether oxygens (including phenoxy) is 2. The zero-order valence-corrected chi connectivity index (χ0v) is 11.2. The van der Waals surface area contributed by atoms with Crippen LogP contribution in [0.25, 0.3) is 0 Å². The van der Waals surface area contributed by atoms with Gasteiger partial charge in [-0.05, 0) is 35.9 Å². The summed E-state index contributed by atoms with van der Waals surface area (Å²) in [7, 11) is 1.62. The van der Waals surface area contributed by atoms with Gasteiger partial charge in [0, 0.05) is 18.0 Å². The summed E-state index contributed by atoms with van der Waals surface area (Å²) in [6.45, 7) is 0. The number of methoxy groups -OCH3 is 1. The molecule has 0 saturated heterocycles. The van der Waals surface area contributed by atoms with Gasteiger partial charge in [0.2, 0.25) is 0 Å². The molecular formula is C16H16FNO2. The summed E-state index contributed by atoms with van der Waals surface area (Å²) in [6.07, 6.45) is 0.394. The topological polar surface area (TPSA) is 44.5 Å². The van der Waals surface area contributed by atoms with E-state index in [4.69, 9.17) is 15.2 Å². The van der Waals surface area contributed by atoms with Gasteiger partial charge in [0.25, 0.3) is 0 Å². The van der Waals surface area contributed by atoms with Crippen LogP contribution in [0.2, 0.25) is 0 Å². The number of halogens is 1. The van der Waals surface area contributed by atoms with Crippen LogP contribution in [-0.4, -0.2) is 7.11 Å². The van der Waals surface area contributed by atoms with Gasteiger partial charge < -0.3 is 15.2 Å². The highest BCUT2D eigenvalue weighted by Crippen LogP contribution is 2.41. The Kier molecular flexibility index (Phi) is 3.32. The van der Waals surface area contributed by atoms with Crippen molar-refractivity contribution in [3.05, 3.63) is 59.4 Å². The summed E-state index contributed by atoms with van der Waals surface area (Å²) >= 11 is 0. The molecule has 0 amide bonds. The minimum Gasteiger partial charge on any atom is -0.497 e. The van der Waals surface area contributed by atoms with E-state index >= 15 is 0 Å². The average Bonchev–Trinajstić information content (AvgIpc) is 2.47. The molecule has 0 aliphatic carbocycles. The standard InChI is InChI=1S/C16H16FNO2/c1-19-12-5-6-15-13(8-12)14(18)9-16(20-15)10-3-2-4-11(17)7-10/h2-8,14,16H,9,18H2,1H3. The highest BCUT2D eigenvalue weighted by molar-refractivity contribution is 5.44. The van der Waals surface area contributed by atoms with Gasteiger partial charge in [0.15, 0.2) is 0 Å². The molecule has 0 fully saturated rings. The van der Waals surface area contributed by atoms with Crippen molar-refractivity contribution in [1.82, 2.24) is 0 Å². The zero-order chi connectivity index (χ0) is 14.1. The van der Waals surface area contributed by atoms with Crippen molar-refractivity contribution < 1.29 is 13.9 Å². The fraction of sp³-hybridized carbons (Fsp3) is 0.250. The van der Waals surface area contributed by atoms with E-state index in [0.29, 0.717) is 6.42 Å². The third-order valence-electron chi connectivity index (χ3n) is 3.57. The van der Waals surface area contributed by atoms with Crippen LogP contribution in [0.5, 0.6) is 11.5 Å². The van der Waals surface area contributed by atoms with E-state index in [1.165, 1.54) is 12.1 Å². The van der Waals surface area contributed by atoms with E-state index in [2.05, 4.69) is 0 Å². The molecule has 1 aliphatic rings. The number of hydrogen-bond donors (Lipinski definition) is 1. The molecule has 20 heavy (non-hydrogen) atoms. The molecule has 104 valence electrons. The zero-order valence-electron chi connectivity index (χ0n) is 11.2. The first-order valence-corrected chi connectivity index (χ1v) is 6.53. The fourth-order valence-corrected chi connectivity index (χ4v) is 2.52. The van der Waals surface area contributed by atoms with Crippen LogP contribution in [-0.2, 0) is 0 Å². The predicted octanol–water partition coefficient (Wildman–Crippen LogP) is 3.36. The van der Waals surface area contributed by atoms with E-state index in [9.17, 15) is 4.39 Å². The number of fused-ring (bicyclic) bond motifs is 1. The van der Waals surface area contributed by atoms with E-state index in [-0.39, 0.29) is 18.0 Å². The molecule has 2 unspecified atom stereocenters. The summed E-state index contributed by atoms with van der Waals surface area (Å²) in [4.78, 5) is 0. The van der Waals surface area contributed by atoms with E-state index in [0.717, 1.165) is 22.6 Å². The summed E-state index contributed by atoms with van der Waals surface area (Å²) in [6, 6.07) is 11.9. The molecule has 0 bridgehead atoms. The Bertz CT molecular complexity index is 630. The van der Waals surface area contributed by atoms with E-state index in [1.54, 1.807) is 13.2 Å². The third-order valence-corrected chi connectivity index (χ3v) is 3.57. The fourth-order valence-electron chi connectivity index (χ4n) is 2.52. The van der Waals surface area contributed by atoms with Crippen LogP contribution < -0.4 is 15.2 Å². The molecule has 0 radical (unpaired) electrons. The van der Waals surface area contributed by atoms with Crippen molar-refractivity contribution >= 4 is 0 Å². The molecule has 3 rings (SSSR count). The number of hydrogen-bond acceptors (Lipinski definition) is 3. The number of rotatable bonds is 2. The van der Waals surface area contributed by atoms with Gasteiger partial charge in [-0.2, -0.15) is 0 Å². The maximum absolute atomic E-state index is 13.3. The van der Waals surface area contributed by atoms with Crippen molar-refractivity contribution in [2.24, 2.45) is 5.73 Å². The maximum Gasteiger partial charge on any atom is 0.126 e. The smallest absolute Gasteiger partial charge is 0.126 e. The lowest BCUT2D eigenvalue weighted by atomic mass is 9.93. The normalized spacial score (nSPS) is 20.9. The van der Waals surface area contributed by atoms with Crippen molar-refractivity contribution in [3.8, 4) is 11.5 Å². The largest absolute Gasteiger partial charge is 0.497 e. The van der Waals surface area contributed by atoms with Crippen molar-refractivity contribution in [1.29, 1.82) is 0 Å². The first-order valence-electron chi connectivity index (χ1n) is 6.53. The van der Waals surface area contributed by atoms with E-state index in [1.807, 2.05) is 24.3 Å². The Balaban J connectivity index is 1.93. The van der Waals surface area contributed by atoms with Crippen LogP contribution in [0.4, 0.5) is 4.39 Å². The van der Waals surface area contributed by atoms with Gasteiger partial charge in [-0.3, -0.25) is 0 Å². The van der Waals surface area contributed by atoms with Crippen molar-refractivity contribution in [3.63, 3.8) is 0 Å². The minimum atomic E-state index is -0.264. The average molecular weight is 273 g/mol. The van der Waals surface area contributed by atoms with Gasteiger partial charge in [-0.1, -0.05) is 12.1 Å². The van der Waals surface area contributed by atoms with Crippen LogP contribution in [0.3, 0.4) is 0 Å². The lowest BCUT2D eigenvalue weighted by Gasteiger charge is -2.30. The second kappa shape index (κ2) is 5.13. The van der Waals surface area contributed by atoms with Crippen LogP contribution in [0.1, 0.15) is 29.7 Å². The molecular weight excluding hydrogens is 257 g/mol. The van der Waals surface area contributed by atoms with Gasteiger partial charge in [0.05, 0.1) is 7.11 Å². The van der Waals surface area contributed by atoms with Crippen LogP contribution in [0.15, 0.2) is 42.5 Å². The Labute approximate surface area is 117 Å². The number of nitrogens with two attached hydrogens (primary N) is 1. The van der Waals surface area contributed by atoms with Crippen molar-refractivity contribution in [2.75, 3.05) is 7.11 Å². The molecule has 2 aromatic carbocycles. The first kappa shape index (κ1) is 12.9. The SMILES string of the molecule is COc1ccc2c(c1)C(N)CC(c1cccc(F)c1)O2. The number of benzene rings is 2. The van der Waals surface area contributed by atoms with Crippen LogP contribution in [0, 0.1) is 5.82 Å². The molecule has 2 aromatic rings. The summed E-state index contributed by atoms with van der Waals surface area (Å²) < 4.78 is 24.4. The Morgan fingerprint density at radius 2 is 2.10 bits per heavy atom. The van der Waals surface area contributed by atoms with Gasteiger partial charge in [-0.15, -0.1) is 0 Å². The molecule has 1 heterocycles. The molecule has 4 heteroatoms. The Morgan fingerprint density at radius 1 is 1.25 bits per heavy atom. The second-order valence-electron chi connectivity index (χ2n) is 4.91. The Morgan fingerprint density at radius 3 is 2.85 bits per heavy atom. The highest BCUT2D eigenvalue weighted by atomic mass is 19.1. The maximum atomic E-state index is 13.3. The molecule has 0 aromatic heterocycles. The quantitative estimate of drug-likeness (QED) is 0.912. The monoisotopic (exact) mass is 273 g/mol. The first-order chi connectivity index (χ1) is 9.67. The third kappa shape index (κ3) is 2.34. The van der Waals surface area contributed by atoms with Crippen LogP contribution >= 0.6 is 0 Å². The molecule has 0 spiro atoms. The molecule has 1 aliphatic heterocycles. The van der Waals surface area contributed by atoms with E-state index < -0.39 is 0 Å². The van der Waals surface area contributed by atoms with Gasteiger partial charge in [-0.25, -0.2) is 4.39 Å². The summed E-state index contributed by atoms with van der Waals surface area (Å²) in [5.41, 5.74) is 7.94. The summed E-state index contributed by atoms with van der Waals surface area (Å²) in [5, 5.41) is 0. The molecule has 0 saturated carbocycles. The lowest BCUT2D eigenvalue weighted by Crippen LogP contribution is -2.24. The van der Waals surface area contributed by atoms with Gasteiger partial charge >= 0.3 is 0 Å². The molecule has 2 N–H and O–H groups in total. The summed E-state index contributed by atoms with van der Waals surface area (Å²) in [5.74, 6) is 1.23. The molecule has 3 nitrogen and oxygen atoms in total. The molecule has 2 atom stereocenters. The highest BCUT2D eigenvalue weighted by Gasteiger charge is 2.27. The predicted molar refractivity (Wildman–Crippen MR) is 74.3 cm³/mol. The van der Waals surface area contributed by atoms with Crippen molar-refractivity contribution in [2.45, 2.75) is 18.6 Å². The second-order valence-corrected chi connectivity index (χ2v) is 4.91. The van der Waals surface area contributed by atoms with Gasteiger partial charge in [0.1, 0.15) is 23.4 Å².